The summed E-state index contributed by atoms with van der Waals surface area (Å²) in [4.78, 5) is 23.3. The molecular formula is C20H25N3O4. The predicted octanol–water partition coefficient (Wildman–Crippen LogP) is 4.20. The van der Waals surface area contributed by atoms with Crippen LogP contribution in [0, 0.1) is 10.1 Å². The van der Waals surface area contributed by atoms with Gasteiger partial charge in [0.2, 0.25) is 0 Å². The number of nitrogens with one attached hydrogen (secondary N) is 2. The van der Waals surface area contributed by atoms with Crippen molar-refractivity contribution in [2.45, 2.75) is 26.2 Å². The molecule has 0 fully saturated rings. The first-order valence-electron chi connectivity index (χ1n) is 8.65. The van der Waals surface area contributed by atoms with E-state index in [0.717, 1.165) is 5.56 Å². The fourth-order valence-corrected chi connectivity index (χ4v) is 2.53. The van der Waals surface area contributed by atoms with Gasteiger partial charge in [-0.15, -0.1) is 0 Å². The number of nitro groups is 1. The summed E-state index contributed by atoms with van der Waals surface area (Å²) in [6.07, 6.45) is 0. The summed E-state index contributed by atoms with van der Waals surface area (Å²) >= 11 is 0. The number of methoxy groups -OCH3 is 1. The third-order valence-electron chi connectivity index (χ3n) is 4.09. The lowest BCUT2D eigenvalue weighted by molar-refractivity contribution is -0.384. The van der Waals surface area contributed by atoms with E-state index in [2.05, 4.69) is 31.4 Å². The molecule has 0 spiro atoms. The number of nitrogens with zero attached hydrogens (tertiary/aromatic N) is 1. The molecule has 7 nitrogen and oxygen atoms in total. The molecule has 2 aromatic carbocycles. The predicted molar refractivity (Wildman–Crippen MR) is 107 cm³/mol. The van der Waals surface area contributed by atoms with Crippen LogP contribution in [-0.2, 0) is 10.2 Å². The number of rotatable bonds is 7. The quantitative estimate of drug-likeness (QED) is 0.432. The molecule has 0 saturated carbocycles. The molecular weight excluding hydrogens is 346 g/mol. The van der Waals surface area contributed by atoms with Gasteiger partial charge in [0.05, 0.1) is 17.1 Å². The SMILES string of the molecule is COCCNc1ccc([N+](=O)[O-])cc1C(=O)Nc1ccc(C(C)(C)C)cc1. The van der Waals surface area contributed by atoms with Crippen molar-refractivity contribution in [1.82, 2.24) is 0 Å². The Labute approximate surface area is 158 Å². The summed E-state index contributed by atoms with van der Waals surface area (Å²) in [5.74, 6) is -0.415. The van der Waals surface area contributed by atoms with Crippen LogP contribution in [0.15, 0.2) is 42.5 Å². The largest absolute Gasteiger partial charge is 0.383 e. The zero-order valence-electron chi connectivity index (χ0n) is 16.0. The number of anilines is 2. The van der Waals surface area contributed by atoms with E-state index < -0.39 is 10.8 Å². The topological polar surface area (TPSA) is 93.5 Å². The zero-order chi connectivity index (χ0) is 20.0. The number of hydrogen-bond acceptors (Lipinski definition) is 5. The molecule has 0 unspecified atom stereocenters. The molecule has 7 heteroatoms. The van der Waals surface area contributed by atoms with Gasteiger partial charge in [-0.2, -0.15) is 0 Å². The number of carbonyl (C=O) groups excluding carboxylic acids is 1. The first-order valence-corrected chi connectivity index (χ1v) is 8.65. The second-order valence-corrected chi connectivity index (χ2v) is 7.19. The first-order chi connectivity index (χ1) is 12.7. The summed E-state index contributed by atoms with van der Waals surface area (Å²) in [6.45, 7) is 7.27. The normalized spacial score (nSPS) is 11.1. The zero-order valence-corrected chi connectivity index (χ0v) is 16.0. The Morgan fingerprint density at radius 3 is 2.37 bits per heavy atom. The minimum Gasteiger partial charge on any atom is -0.383 e. The fraction of sp³-hybridized carbons (Fsp3) is 0.350. The average molecular weight is 371 g/mol. The van der Waals surface area contributed by atoms with Crippen LogP contribution < -0.4 is 10.6 Å². The average Bonchev–Trinajstić information content (AvgIpc) is 2.61. The number of hydrogen-bond donors (Lipinski definition) is 2. The minimum absolute atomic E-state index is 0.0149. The number of nitro benzene ring substituents is 1. The molecule has 0 atom stereocenters. The summed E-state index contributed by atoms with van der Waals surface area (Å²) in [5, 5.41) is 16.9. The lowest BCUT2D eigenvalue weighted by Gasteiger charge is -2.19. The smallest absolute Gasteiger partial charge is 0.270 e. The third-order valence-corrected chi connectivity index (χ3v) is 4.09. The van der Waals surface area contributed by atoms with Crippen molar-refractivity contribution in [2.24, 2.45) is 0 Å². The maximum atomic E-state index is 12.7. The van der Waals surface area contributed by atoms with E-state index >= 15 is 0 Å². The summed E-state index contributed by atoms with van der Waals surface area (Å²) in [6, 6.07) is 11.7. The standard InChI is InChI=1S/C20H25N3O4/c1-20(2,3)14-5-7-15(8-6-14)22-19(24)17-13-16(23(25)26)9-10-18(17)21-11-12-27-4/h5-10,13,21H,11-12H2,1-4H3,(H,22,24). The highest BCUT2D eigenvalue weighted by Gasteiger charge is 2.18. The number of carbonyl (C=O) groups is 1. The molecule has 0 saturated heterocycles. The Bertz CT molecular complexity index is 811. The second kappa shape index (κ2) is 8.64. The van der Waals surface area contributed by atoms with Crippen LogP contribution in [0.1, 0.15) is 36.7 Å². The first kappa shape index (κ1) is 20.4. The molecule has 1 amide bonds. The highest BCUT2D eigenvalue weighted by atomic mass is 16.6. The van der Waals surface area contributed by atoms with Gasteiger partial charge in [0.1, 0.15) is 0 Å². The molecule has 144 valence electrons. The van der Waals surface area contributed by atoms with Crippen molar-refractivity contribution in [3.63, 3.8) is 0 Å². The molecule has 0 aliphatic heterocycles. The van der Waals surface area contributed by atoms with E-state index in [1.807, 2.05) is 24.3 Å². The Morgan fingerprint density at radius 1 is 1.15 bits per heavy atom. The van der Waals surface area contributed by atoms with Crippen molar-refractivity contribution >= 4 is 23.0 Å². The van der Waals surface area contributed by atoms with Crippen LogP contribution in [0.3, 0.4) is 0 Å². The van der Waals surface area contributed by atoms with E-state index in [1.54, 1.807) is 7.11 Å². The van der Waals surface area contributed by atoms with Crippen molar-refractivity contribution in [3.05, 3.63) is 63.7 Å². The van der Waals surface area contributed by atoms with E-state index in [-0.39, 0.29) is 16.7 Å². The van der Waals surface area contributed by atoms with Crippen molar-refractivity contribution in [2.75, 3.05) is 30.9 Å². The number of non-ortho nitro benzene ring substituents is 1. The van der Waals surface area contributed by atoms with Gasteiger partial charge in [-0.25, -0.2) is 0 Å². The summed E-state index contributed by atoms with van der Waals surface area (Å²) in [7, 11) is 1.58. The molecule has 2 aromatic rings. The molecule has 0 aliphatic rings. The Balaban J connectivity index is 2.24. The van der Waals surface area contributed by atoms with E-state index in [9.17, 15) is 14.9 Å². The van der Waals surface area contributed by atoms with Gasteiger partial charge in [-0.3, -0.25) is 14.9 Å². The fourth-order valence-electron chi connectivity index (χ4n) is 2.53. The lowest BCUT2D eigenvalue weighted by Crippen LogP contribution is -2.17. The molecule has 27 heavy (non-hydrogen) atoms. The van der Waals surface area contributed by atoms with Gasteiger partial charge in [0, 0.05) is 37.2 Å². The summed E-state index contributed by atoms with van der Waals surface area (Å²) in [5.41, 5.74) is 2.38. The van der Waals surface area contributed by atoms with Crippen LogP contribution >= 0.6 is 0 Å². The summed E-state index contributed by atoms with van der Waals surface area (Å²) < 4.78 is 4.99. The molecule has 0 aromatic heterocycles. The number of amides is 1. The van der Waals surface area contributed by atoms with Crippen LogP contribution in [0.2, 0.25) is 0 Å². The Hall–Kier alpha value is -2.93. The monoisotopic (exact) mass is 371 g/mol. The van der Waals surface area contributed by atoms with Crippen LogP contribution in [-0.4, -0.2) is 31.1 Å². The highest BCUT2D eigenvalue weighted by molar-refractivity contribution is 6.08. The molecule has 2 rings (SSSR count). The van der Waals surface area contributed by atoms with Gasteiger partial charge in [-0.1, -0.05) is 32.9 Å². The maximum Gasteiger partial charge on any atom is 0.270 e. The van der Waals surface area contributed by atoms with E-state index in [4.69, 9.17) is 4.74 Å². The van der Waals surface area contributed by atoms with Crippen LogP contribution in [0.4, 0.5) is 17.1 Å². The minimum atomic E-state index is -0.520. The molecule has 0 aliphatic carbocycles. The molecule has 0 bridgehead atoms. The van der Waals surface area contributed by atoms with Gasteiger partial charge in [0.25, 0.3) is 11.6 Å². The third kappa shape index (κ3) is 5.52. The van der Waals surface area contributed by atoms with Gasteiger partial charge in [0.15, 0.2) is 0 Å². The van der Waals surface area contributed by atoms with Gasteiger partial charge in [-0.05, 0) is 29.2 Å². The number of ether oxygens (including phenoxy) is 1. The Morgan fingerprint density at radius 2 is 1.81 bits per heavy atom. The van der Waals surface area contributed by atoms with E-state index in [0.29, 0.717) is 24.5 Å². The van der Waals surface area contributed by atoms with Crippen molar-refractivity contribution in [1.29, 1.82) is 0 Å². The highest BCUT2D eigenvalue weighted by Crippen LogP contribution is 2.25. The molecule has 0 radical (unpaired) electrons. The van der Waals surface area contributed by atoms with Gasteiger partial charge >= 0.3 is 0 Å². The van der Waals surface area contributed by atoms with Crippen LogP contribution in [0.25, 0.3) is 0 Å². The molecule has 0 heterocycles. The van der Waals surface area contributed by atoms with Crippen molar-refractivity contribution < 1.29 is 14.5 Å². The van der Waals surface area contributed by atoms with Gasteiger partial charge < -0.3 is 15.4 Å². The second-order valence-electron chi connectivity index (χ2n) is 7.19. The lowest BCUT2D eigenvalue weighted by atomic mass is 9.87. The van der Waals surface area contributed by atoms with E-state index in [1.165, 1.54) is 18.2 Å². The number of benzene rings is 2. The molecule has 2 N–H and O–H groups in total. The van der Waals surface area contributed by atoms with Crippen molar-refractivity contribution in [3.8, 4) is 0 Å². The Kier molecular flexibility index (Phi) is 6.52. The maximum absolute atomic E-state index is 12.7. The van der Waals surface area contributed by atoms with Crippen LogP contribution in [0.5, 0.6) is 0 Å².